The molecule has 1 N–H and O–H groups in total. The lowest BCUT2D eigenvalue weighted by Gasteiger charge is -2.29. The second-order valence-electron chi connectivity index (χ2n) is 7.59. The monoisotopic (exact) mass is 479 g/mol. The Hall–Kier alpha value is -2.96. The molecule has 0 fully saturated rings. The highest BCUT2D eigenvalue weighted by molar-refractivity contribution is 5.92. The minimum Gasteiger partial charge on any atom is -0.491 e. The summed E-state index contributed by atoms with van der Waals surface area (Å²) in [6.45, 7) is -0.705. The molecule has 2 aliphatic heterocycles. The predicted octanol–water partition coefficient (Wildman–Crippen LogP) is 3.54. The van der Waals surface area contributed by atoms with Crippen LogP contribution in [-0.2, 0) is 17.5 Å². The van der Waals surface area contributed by atoms with E-state index in [2.05, 4.69) is 10.4 Å². The molecule has 1 amide bonds. The van der Waals surface area contributed by atoms with Crippen LogP contribution in [-0.4, -0.2) is 54.1 Å². The summed E-state index contributed by atoms with van der Waals surface area (Å²) in [6.07, 6.45) is -9.25. The van der Waals surface area contributed by atoms with E-state index in [9.17, 15) is 31.1 Å². The summed E-state index contributed by atoms with van der Waals surface area (Å²) >= 11 is 0. The molecule has 2 aliphatic rings. The Labute approximate surface area is 183 Å². The van der Waals surface area contributed by atoms with E-state index in [1.54, 1.807) is 0 Å². The molecule has 1 aromatic carbocycles. The number of amides is 1. The molecular weight excluding hydrogens is 460 g/mol. The van der Waals surface area contributed by atoms with Crippen LogP contribution in [0.2, 0.25) is 0 Å². The van der Waals surface area contributed by atoms with Crippen molar-refractivity contribution in [3.05, 3.63) is 41.1 Å². The van der Waals surface area contributed by atoms with Gasteiger partial charge in [0, 0.05) is 24.6 Å². The Morgan fingerprint density at radius 1 is 1.30 bits per heavy atom. The lowest BCUT2D eigenvalue weighted by molar-refractivity contribution is -0.137. The predicted molar refractivity (Wildman–Crippen MR) is 100 cm³/mol. The molecule has 3 heterocycles. The number of alkyl halides is 6. The maximum atomic E-state index is 15.0. The van der Waals surface area contributed by atoms with E-state index in [4.69, 9.17) is 14.2 Å². The number of nitrogens with one attached hydrogen (secondary N) is 1. The van der Waals surface area contributed by atoms with Gasteiger partial charge >= 0.3 is 6.18 Å². The van der Waals surface area contributed by atoms with Gasteiger partial charge in [-0.25, -0.2) is 17.9 Å². The lowest BCUT2D eigenvalue weighted by atomic mass is 9.98. The highest BCUT2D eigenvalue weighted by Gasteiger charge is 2.37. The first kappa shape index (κ1) is 23.2. The van der Waals surface area contributed by atoms with Crippen LogP contribution in [0, 0.1) is 0 Å². The largest absolute Gasteiger partial charge is 0.491 e. The van der Waals surface area contributed by atoms with Crippen molar-refractivity contribution >= 4 is 5.91 Å². The zero-order valence-corrected chi connectivity index (χ0v) is 16.9. The van der Waals surface area contributed by atoms with E-state index in [1.165, 1.54) is 10.7 Å². The summed E-state index contributed by atoms with van der Waals surface area (Å²) in [4.78, 5) is 12.6. The summed E-state index contributed by atoms with van der Waals surface area (Å²) in [7, 11) is 0. The van der Waals surface area contributed by atoms with Gasteiger partial charge in [-0.3, -0.25) is 4.79 Å². The molecule has 180 valence electrons. The molecule has 7 nitrogen and oxygen atoms in total. The second kappa shape index (κ2) is 9.12. The number of hydrogen-bond donors (Lipinski definition) is 1. The number of rotatable bonds is 6. The van der Waals surface area contributed by atoms with Crippen LogP contribution in [0.4, 0.5) is 26.3 Å². The van der Waals surface area contributed by atoms with Gasteiger partial charge in [-0.1, -0.05) is 0 Å². The van der Waals surface area contributed by atoms with Crippen molar-refractivity contribution in [2.45, 2.75) is 43.9 Å². The average Bonchev–Trinajstić information content (AvgIpc) is 3.18. The van der Waals surface area contributed by atoms with Gasteiger partial charge in [0.1, 0.15) is 25.1 Å². The normalized spacial score (nSPS) is 22.2. The van der Waals surface area contributed by atoms with E-state index < -0.39 is 49.0 Å². The Balaban J connectivity index is 1.40. The summed E-state index contributed by atoms with van der Waals surface area (Å²) in [6, 6.07) is 2.58. The Kier molecular flexibility index (Phi) is 6.41. The van der Waals surface area contributed by atoms with Crippen molar-refractivity contribution in [2.24, 2.45) is 0 Å². The fraction of sp³-hybridized carbons (Fsp3) is 0.500. The van der Waals surface area contributed by atoms with Crippen molar-refractivity contribution in [1.29, 1.82) is 0 Å². The molecule has 33 heavy (non-hydrogen) atoms. The van der Waals surface area contributed by atoms with Gasteiger partial charge in [0.2, 0.25) is 5.88 Å². The van der Waals surface area contributed by atoms with Crippen LogP contribution < -0.4 is 14.8 Å². The first-order valence-electron chi connectivity index (χ1n) is 10.0. The van der Waals surface area contributed by atoms with E-state index in [1.807, 2.05) is 0 Å². The van der Waals surface area contributed by atoms with Crippen LogP contribution in [0.3, 0.4) is 0 Å². The third-order valence-electron chi connectivity index (χ3n) is 5.20. The number of hydrogen-bond acceptors (Lipinski definition) is 5. The molecule has 0 spiro atoms. The van der Waals surface area contributed by atoms with Gasteiger partial charge < -0.3 is 19.5 Å². The van der Waals surface area contributed by atoms with Crippen molar-refractivity contribution in [2.75, 3.05) is 19.8 Å². The average molecular weight is 479 g/mol. The van der Waals surface area contributed by atoms with E-state index in [-0.39, 0.29) is 36.1 Å². The number of ether oxygens (including phenoxy) is 3. The fourth-order valence-corrected chi connectivity index (χ4v) is 3.58. The van der Waals surface area contributed by atoms with Gasteiger partial charge in [0.15, 0.2) is 11.9 Å². The third-order valence-corrected chi connectivity index (χ3v) is 5.20. The van der Waals surface area contributed by atoms with Crippen LogP contribution in [0.15, 0.2) is 24.3 Å². The molecule has 0 bridgehead atoms. The van der Waals surface area contributed by atoms with Crippen LogP contribution in [0.1, 0.15) is 34.2 Å². The zero-order chi connectivity index (χ0) is 23.8. The SMILES string of the molecule is O=C(N[C@H]1COc2ccc(C(F)(F)F)cc2C1F)c1cc2n(n1)CCC(COCC(F)F)O2. The van der Waals surface area contributed by atoms with Crippen LogP contribution in [0.25, 0.3) is 0 Å². The van der Waals surface area contributed by atoms with Gasteiger partial charge in [-0.2, -0.15) is 18.3 Å². The highest BCUT2D eigenvalue weighted by atomic mass is 19.4. The molecule has 13 heteroatoms. The van der Waals surface area contributed by atoms with Crippen molar-refractivity contribution in [3.63, 3.8) is 0 Å². The van der Waals surface area contributed by atoms with Gasteiger partial charge in [-0.15, -0.1) is 0 Å². The van der Waals surface area contributed by atoms with Gasteiger partial charge in [0.25, 0.3) is 12.3 Å². The quantitative estimate of drug-likeness (QED) is 0.642. The number of carbonyl (C=O) groups is 1. The first-order chi connectivity index (χ1) is 15.6. The summed E-state index contributed by atoms with van der Waals surface area (Å²) in [5.74, 6) is -0.571. The molecule has 0 radical (unpaired) electrons. The van der Waals surface area contributed by atoms with Crippen LogP contribution >= 0.6 is 0 Å². The first-order valence-corrected chi connectivity index (χ1v) is 10.0. The number of carbonyl (C=O) groups excluding carboxylic acids is 1. The maximum Gasteiger partial charge on any atom is 0.416 e. The number of aryl methyl sites for hydroxylation is 1. The second-order valence-corrected chi connectivity index (χ2v) is 7.59. The van der Waals surface area contributed by atoms with E-state index in [0.717, 1.165) is 12.1 Å². The standard InChI is InChI=1S/C20H19F6N3O4/c21-16(22)9-31-7-11-3-4-29-17(33-11)6-13(28-29)19(30)27-14-8-32-15-2-1-10(20(24,25)26)5-12(15)18(14)23/h1-2,5-6,11,14,16,18H,3-4,7-9H2,(H,27,30)/t11?,14-,18?/m0/s1. The molecule has 2 aromatic rings. The van der Waals surface area contributed by atoms with Crippen LogP contribution in [0.5, 0.6) is 11.6 Å². The van der Waals surface area contributed by atoms with Gasteiger partial charge in [-0.05, 0) is 18.2 Å². The molecular formula is C20H19F6N3O4. The third kappa shape index (κ3) is 5.18. The zero-order valence-electron chi connectivity index (χ0n) is 16.9. The number of aromatic nitrogens is 2. The molecule has 0 saturated heterocycles. The van der Waals surface area contributed by atoms with Crippen molar-refractivity contribution in [1.82, 2.24) is 15.1 Å². The molecule has 1 aromatic heterocycles. The molecule has 2 unspecified atom stereocenters. The Morgan fingerprint density at radius 3 is 2.82 bits per heavy atom. The van der Waals surface area contributed by atoms with E-state index in [0.29, 0.717) is 19.0 Å². The molecule has 3 atom stereocenters. The highest BCUT2D eigenvalue weighted by Crippen LogP contribution is 2.39. The number of benzene rings is 1. The smallest absolute Gasteiger partial charge is 0.416 e. The minimum atomic E-state index is -4.65. The summed E-state index contributed by atoms with van der Waals surface area (Å²) in [5, 5.41) is 6.47. The molecule has 0 saturated carbocycles. The maximum absolute atomic E-state index is 15.0. The van der Waals surface area contributed by atoms with E-state index >= 15 is 0 Å². The number of fused-ring (bicyclic) bond motifs is 2. The van der Waals surface area contributed by atoms with Gasteiger partial charge in [0.05, 0.1) is 18.2 Å². The Bertz CT molecular complexity index is 1010. The molecule has 0 aliphatic carbocycles. The lowest BCUT2D eigenvalue weighted by Crippen LogP contribution is -2.44. The number of halogens is 6. The van der Waals surface area contributed by atoms with Crippen molar-refractivity contribution < 1.29 is 45.3 Å². The molecule has 4 rings (SSSR count). The Morgan fingerprint density at radius 2 is 2.09 bits per heavy atom. The fourth-order valence-electron chi connectivity index (χ4n) is 3.58. The minimum absolute atomic E-state index is 0.0213. The summed E-state index contributed by atoms with van der Waals surface area (Å²) in [5.41, 5.74) is -1.42. The van der Waals surface area contributed by atoms with Crippen molar-refractivity contribution in [3.8, 4) is 11.6 Å². The topological polar surface area (TPSA) is 74.6 Å². The number of nitrogens with zero attached hydrogens (tertiary/aromatic N) is 2. The summed E-state index contributed by atoms with van der Waals surface area (Å²) < 4.78 is 95.4.